The van der Waals surface area contributed by atoms with Crippen LogP contribution in [0.5, 0.6) is 0 Å². The minimum absolute atomic E-state index is 0.0768. The first-order valence-corrected chi connectivity index (χ1v) is 5.55. The lowest BCUT2D eigenvalue weighted by Gasteiger charge is -2.11. The van der Waals surface area contributed by atoms with Crippen LogP contribution in [0, 0.1) is 6.92 Å². The number of aromatic amines is 1. The molecule has 3 N–H and O–H groups in total. The van der Waals surface area contributed by atoms with Crippen molar-refractivity contribution in [2.75, 3.05) is 5.32 Å². The summed E-state index contributed by atoms with van der Waals surface area (Å²) in [6, 6.07) is 7.06. The zero-order valence-electron chi connectivity index (χ0n) is 10.1. The molecule has 0 saturated heterocycles. The number of hydrogen-bond acceptors (Lipinski definition) is 4. The highest BCUT2D eigenvalue weighted by Gasteiger charge is 2.14. The molecule has 6 heteroatoms. The van der Waals surface area contributed by atoms with Gasteiger partial charge in [0.1, 0.15) is 5.82 Å². The van der Waals surface area contributed by atoms with Crippen molar-refractivity contribution in [3.63, 3.8) is 0 Å². The molecular weight excluding hydrogens is 232 g/mol. The Bertz CT molecular complexity index is 563. The number of anilines is 1. The summed E-state index contributed by atoms with van der Waals surface area (Å²) in [4.78, 5) is 15.8. The number of aryl methyl sites for hydroxylation is 1. The number of benzene rings is 1. The lowest BCUT2D eigenvalue weighted by atomic mass is 10.1. The Balaban J connectivity index is 2.22. The van der Waals surface area contributed by atoms with Crippen molar-refractivity contribution < 1.29 is 9.90 Å². The van der Waals surface area contributed by atoms with E-state index in [1.807, 2.05) is 0 Å². The van der Waals surface area contributed by atoms with E-state index in [0.717, 1.165) is 0 Å². The summed E-state index contributed by atoms with van der Waals surface area (Å²) in [5, 5.41) is 18.7. The maximum atomic E-state index is 11.9. The van der Waals surface area contributed by atoms with Crippen LogP contribution in [-0.2, 0) is 0 Å². The number of H-pyrrole nitrogens is 1. The average Bonchev–Trinajstić information content (AvgIpc) is 2.76. The van der Waals surface area contributed by atoms with Gasteiger partial charge < -0.3 is 10.4 Å². The molecule has 6 nitrogen and oxygen atoms in total. The summed E-state index contributed by atoms with van der Waals surface area (Å²) in [7, 11) is 0. The molecule has 1 aromatic heterocycles. The molecule has 0 radical (unpaired) electrons. The number of aromatic nitrogens is 3. The van der Waals surface area contributed by atoms with Gasteiger partial charge in [0.2, 0.25) is 5.82 Å². The second-order valence-corrected chi connectivity index (χ2v) is 3.96. The zero-order valence-corrected chi connectivity index (χ0v) is 10.1. The van der Waals surface area contributed by atoms with Gasteiger partial charge in [-0.15, -0.1) is 5.10 Å². The van der Waals surface area contributed by atoms with Gasteiger partial charge >= 0.3 is 0 Å². The van der Waals surface area contributed by atoms with Crippen LogP contribution >= 0.6 is 0 Å². The Morgan fingerprint density at radius 3 is 2.78 bits per heavy atom. The molecule has 2 aromatic rings. The van der Waals surface area contributed by atoms with Gasteiger partial charge in [-0.3, -0.25) is 9.89 Å². The van der Waals surface area contributed by atoms with Gasteiger partial charge in [-0.05, 0) is 19.9 Å². The summed E-state index contributed by atoms with van der Waals surface area (Å²) in [6.45, 7) is 3.36. The van der Waals surface area contributed by atoms with E-state index in [-0.39, 0.29) is 5.82 Å². The SMILES string of the molecule is Cc1nc(C(=O)Nc2ccccc2C(C)O)n[nH]1. The van der Waals surface area contributed by atoms with Crippen molar-refractivity contribution in [1.82, 2.24) is 15.2 Å². The molecule has 18 heavy (non-hydrogen) atoms. The molecule has 0 saturated carbocycles. The third-order valence-electron chi connectivity index (χ3n) is 2.46. The number of hydrogen-bond donors (Lipinski definition) is 3. The summed E-state index contributed by atoms with van der Waals surface area (Å²) < 4.78 is 0. The van der Waals surface area contributed by atoms with Crippen LogP contribution < -0.4 is 5.32 Å². The Kier molecular flexibility index (Phi) is 3.38. The topological polar surface area (TPSA) is 90.9 Å². The molecule has 1 atom stereocenters. The molecule has 1 amide bonds. The predicted octanol–water partition coefficient (Wildman–Crippen LogP) is 1.42. The van der Waals surface area contributed by atoms with E-state index in [1.54, 1.807) is 38.1 Å². The minimum Gasteiger partial charge on any atom is -0.389 e. The van der Waals surface area contributed by atoms with Gasteiger partial charge in [0.15, 0.2) is 0 Å². The fraction of sp³-hybridized carbons (Fsp3) is 0.250. The van der Waals surface area contributed by atoms with Crippen molar-refractivity contribution in [2.45, 2.75) is 20.0 Å². The maximum absolute atomic E-state index is 11.9. The first-order chi connectivity index (χ1) is 8.58. The smallest absolute Gasteiger partial charge is 0.295 e. The number of nitrogens with zero attached hydrogens (tertiary/aromatic N) is 2. The van der Waals surface area contributed by atoms with Gasteiger partial charge in [-0.25, -0.2) is 4.98 Å². The number of rotatable bonds is 3. The highest BCUT2D eigenvalue weighted by Crippen LogP contribution is 2.22. The Hall–Kier alpha value is -2.21. The van der Waals surface area contributed by atoms with E-state index in [9.17, 15) is 9.90 Å². The van der Waals surface area contributed by atoms with Crippen molar-refractivity contribution in [3.05, 3.63) is 41.5 Å². The average molecular weight is 246 g/mol. The molecule has 0 fully saturated rings. The molecule has 1 unspecified atom stereocenters. The number of carbonyl (C=O) groups excluding carboxylic acids is 1. The predicted molar refractivity (Wildman–Crippen MR) is 66.1 cm³/mol. The Labute approximate surface area is 104 Å². The number of aliphatic hydroxyl groups is 1. The summed E-state index contributed by atoms with van der Waals surface area (Å²) >= 11 is 0. The van der Waals surface area contributed by atoms with Crippen LogP contribution in [0.4, 0.5) is 5.69 Å². The van der Waals surface area contributed by atoms with E-state index in [4.69, 9.17) is 0 Å². The molecule has 0 aliphatic rings. The highest BCUT2D eigenvalue weighted by atomic mass is 16.3. The van der Waals surface area contributed by atoms with Crippen LogP contribution in [0.2, 0.25) is 0 Å². The van der Waals surface area contributed by atoms with E-state index in [0.29, 0.717) is 17.1 Å². The van der Waals surface area contributed by atoms with Crippen molar-refractivity contribution in [3.8, 4) is 0 Å². The first-order valence-electron chi connectivity index (χ1n) is 5.55. The largest absolute Gasteiger partial charge is 0.389 e. The molecule has 1 heterocycles. The molecule has 0 spiro atoms. The van der Waals surface area contributed by atoms with Crippen molar-refractivity contribution >= 4 is 11.6 Å². The molecule has 1 aromatic carbocycles. The molecule has 94 valence electrons. The van der Waals surface area contributed by atoms with Crippen LogP contribution in [0.3, 0.4) is 0 Å². The van der Waals surface area contributed by atoms with Gasteiger partial charge in [0, 0.05) is 11.3 Å². The number of nitrogens with one attached hydrogen (secondary N) is 2. The number of para-hydroxylation sites is 1. The van der Waals surface area contributed by atoms with Crippen LogP contribution in [-0.4, -0.2) is 26.2 Å². The third-order valence-corrected chi connectivity index (χ3v) is 2.46. The van der Waals surface area contributed by atoms with Gasteiger partial charge in [-0.1, -0.05) is 18.2 Å². The number of amides is 1. The number of aliphatic hydroxyl groups excluding tert-OH is 1. The lowest BCUT2D eigenvalue weighted by Crippen LogP contribution is -2.15. The standard InChI is InChI=1S/C12H14N4O2/c1-7(17)9-5-3-4-6-10(9)14-12(18)11-13-8(2)15-16-11/h3-7,17H,1-2H3,(H,14,18)(H,13,15,16). The van der Waals surface area contributed by atoms with E-state index < -0.39 is 12.0 Å². The van der Waals surface area contributed by atoms with E-state index in [2.05, 4.69) is 20.5 Å². The normalized spacial score (nSPS) is 12.2. The fourth-order valence-electron chi connectivity index (χ4n) is 1.60. The molecule has 0 bridgehead atoms. The van der Waals surface area contributed by atoms with E-state index in [1.165, 1.54) is 0 Å². The monoisotopic (exact) mass is 246 g/mol. The van der Waals surface area contributed by atoms with Gasteiger partial charge in [-0.2, -0.15) is 0 Å². The van der Waals surface area contributed by atoms with Crippen LogP contribution in [0.25, 0.3) is 0 Å². The molecular formula is C12H14N4O2. The van der Waals surface area contributed by atoms with Gasteiger partial charge in [0.25, 0.3) is 5.91 Å². The van der Waals surface area contributed by atoms with Gasteiger partial charge in [0.05, 0.1) is 6.10 Å². The quantitative estimate of drug-likeness (QED) is 0.763. The summed E-state index contributed by atoms with van der Waals surface area (Å²) in [6.07, 6.45) is -0.657. The first kappa shape index (κ1) is 12.3. The fourth-order valence-corrected chi connectivity index (χ4v) is 1.60. The van der Waals surface area contributed by atoms with Crippen molar-refractivity contribution in [1.29, 1.82) is 0 Å². The second kappa shape index (κ2) is 4.97. The van der Waals surface area contributed by atoms with Crippen LogP contribution in [0.15, 0.2) is 24.3 Å². The highest BCUT2D eigenvalue weighted by molar-refractivity contribution is 6.01. The van der Waals surface area contributed by atoms with Crippen molar-refractivity contribution in [2.24, 2.45) is 0 Å². The zero-order chi connectivity index (χ0) is 13.1. The molecule has 2 rings (SSSR count). The third kappa shape index (κ3) is 2.54. The molecule has 0 aliphatic carbocycles. The van der Waals surface area contributed by atoms with E-state index >= 15 is 0 Å². The summed E-state index contributed by atoms with van der Waals surface area (Å²) in [5.74, 6) is 0.240. The lowest BCUT2D eigenvalue weighted by molar-refractivity contribution is 0.101. The second-order valence-electron chi connectivity index (χ2n) is 3.96. The number of carbonyl (C=O) groups is 1. The summed E-state index contributed by atoms with van der Waals surface area (Å²) in [5.41, 5.74) is 1.21. The Morgan fingerprint density at radius 1 is 1.44 bits per heavy atom. The molecule has 0 aliphatic heterocycles. The Morgan fingerprint density at radius 2 is 2.17 bits per heavy atom. The maximum Gasteiger partial charge on any atom is 0.295 e. The minimum atomic E-state index is -0.657. The van der Waals surface area contributed by atoms with Crippen LogP contribution in [0.1, 0.15) is 35.0 Å².